The molecule has 0 unspecified atom stereocenters. The van der Waals surface area contributed by atoms with Crippen LogP contribution < -0.4 is 15.5 Å². The summed E-state index contributed by atoms with van der Waals surface area (Å²) in [7, 11) is 0. The summed E-state index contributed by atoms with van der Waals surface area (Å²) in [4.78, 5) is 25.1. The van der Waals surface area contributed by atoms with Crippen molar-refractivity contribution >= 4 is 29.2 Å². The van der Waals surface area contributed by atoms with Gasteiger partial charge in [-0.05, 0) is 38.1 Å². The van der Waals surface area contributed by atoms with Gasteiger partial charge in [0.25, 0.3) is 0 Å². The van der Waals surface area contributed by atoms with E-state index in [0.717, 1.165) is 11.3 Å². The molecular formula is C17H20ClN3O2. The van der Waals surface area contributed by atoms with Gasteiger partial charge in [0.15, 0.2) is 0 Å². The van der Waals surface area contributed by atoms with Crippen molar-refractivity contribution in [2.75, 3.05) is 30.4 Å². The number of amides is 3. The van der Waals surface area contributed by atoms with Gasteiger partial charge in [0, 0.05) is 30.2 Å². The van der Waals surface area contributed by atoms with Crippen LogP contribution in [-0.2, 0) is 4.79 Å². The van der Waals surface area contributed by atoms with Crippen molar-refractivity contribution in [1.29, 1.82) is 0 Å². The number of nitrogens with zero attached hydrogens (tertiary/aromatic N) is 1. The molecular weight excluding hydrogens is 314 g/mol. The zero-order valence-corrected chi connectivity index (χ0v) is 14.0. The van der Waals surface area contributed by atoms with Gasteiger partial charge in [-0.3, -0.25) is 9.69 Å². The standard InChI is InChI=1S/C17H20ClN3O2/c1-17(2,12-18)15(22)19-9-3-4-13-5-7-14(8-6-13)21-11-10-20-16(21)23/h5-8H,9-12H2,1-2H3,(H,19,22)(H,20,23). The summed E-state index contributed by atoms with van der Waals surface area (Å²) in [6, 6.07) is 7.37. The Balaban J connectivity index is 1.90. The zero-order valence-electron chi connectivity index (χ0n) is 13.3. The van der Waals surface area contributed by atoms with E-state index in [0.29, 0.717) is 13.1 Å². The average molecular weight is 334 g/mol. The molecule has 6 heteroatoms. The first kappa shape index (κ1) is 17.2. The van der Waals surface area contributed by atoms with Crippen molar-refractivity contribution in [3.8, 4) is 11.8 Å². The fourth-order valence-electron chi connectivity index (χ4n) is 2.01. The quantitative estimate of drug-likeness (QED) is 0.653. The Morgan fingerprint density at radius 3 is 2.65 bits per heavy atom. The van der Waals surface area contributed by atoms with E-state index in [1.54, 1.807) is 18.7 Å². The van der Waals surface area contributed by atoms with Crippen molar-refractivity contribution in [2.24, 2.45) is 5.41 Å². The molecule has 1 aliphatic rings. The molecule has 0 aromatic heterocycles. The summed E-state index contributed by atoms with van der Waals surface area (Å²) in [5, 5.41) is 5.51. The highest BCUT2D eigenvalue weighted by molar-refractivity contribution is 6.19. The van der Waals surface area contributed by atoms with Gasteiger partial charge in [0.1, 0.15) is 0 Å². The number of benzene rings is 1. The molecule has 0 radical (unpaired) electrons. The van der Waals surface area contributed by atoms with Crippen LogP contribution in [0.4, 0.5) is 10.5 Å². The minimum atomic E-state index is -0.596. The lowest BCUT2D eigenvalue weighted by Crippen LogP contribution is -2.38. The number of carbonyl (C=O) groups is 2. The van der Waals surface area contributed by atoms with Crippen LogP contribution in [-0.4, -0.2) is 37.5 Å². The maximum Gasteiger partial charge on any atom is 0.321 e. The minimum absolute atomic E-state index is 0.0755. The summed E-state index contributed by atoms with van der Waals surface area (Å²) in [5.41, 5.74) is 1.09. The Morgan fingerprint density at radius 2 is 2.09 bits per heavy atom. The van der Waals surface area contributed by atoms with E-state index in [2.05, 4.69) is 22.5 Å². The predicted octanol–water partition coefficient (Wildman–Crippen LogP) is 1.95. The SMILES string of the molecule is CC(C)(CCl)C(=O)NCC#Cc1ccc(N2CCNC2=O)cc1. The van der Waals surface area contributed by atoms with Gasteiger partial charge in [-0.1, -0.05) is 11.8 Å². The molecule has 1 saturated heterocycles. The Kier molecular flexibility index (Phi) is 5.51. The highest BCUT2D eigenvalue weighted by atomic mass is 35.5. The van der Waals surface area contributed by atoms with Gasteiger partial charge in [-0.25, -0.2) is 4.79 Å². The van der Waals surface area contributed by atoms with Crippen LogP contribution in [0.25, 0.3) is 0 Å². The van der Waals surface area contributed by atoms with Gasteiger partial charge in [0.05, 0.1) is 12.0 Å². The van der Waals surface area contributed by atoms with E-state index in [1.807, 2.05) is 24.3 Å². The number of anilines is 1. The molecule has 5 nitrogen and oxygen atoms in total. The van der Waals surface area contributed by atoms with Crippen LogP contribution in [0.15, 0.2) is 24.3 Å². The molecule has 2 rings (SSSR count). The molecule has 1 fully saturated rings. The maximum atomic E-state index is 11.8. The van der Waals surface area contributed by atoms with Crippen molar-refractivity contribution < 1.29 is 9.59 Å². The Hall–Kier alpha value is -2.19. The normalized spacial score (nSPS) is 14.0. The minimum Gasteiger partial charge on any atom is -0.345 e. The molecule has 0 bridgehead atoms. The third-order valence-corrected chi connectivity index (χ3v) is 4.22. The second-order valence-electron chi connectivity index (χ2n) is 5.93. The third-order valence-electron chi connectivity index (χ3n) is 3.55. The number of carbonyl (C=O) groups excluding carboxylic acids is 2. The smallest absolute Gasteiger partial charge is 0.321 e. The monoisotopic (exact) mass is 333 g/mol. The molecule has 122 valence electrons. The van der Waals surface area contributed by atoms with E-state index in [4.69, 9.17) is 11.6 Å². The summed E-state index contributed by atoms with van der Waals surface area (Å²) >= 11 is 5.75. The maximum absolute atomic E-state index is 11.8. The van der Waals surface area contributed by atoms with Crippen molar-refractivity contribution in [3.63, 3.8) is 0 Å². The molecule has 23 heavy (non-hydrogen) atoms. The molecule has 1 aliphatic heterocycles. The second kappa shape index (κ2) is 7.38. The van der Waals surface area contributed by atoms with Crippen LogP contribution in [0.5, 0.6) is 0 Å². The number of alkyl halides is 1. The van der Waals surface area contributed by atoms with Crippen LogP contribution in [0, 0.1) is 17.3 Å². The molecule has 3 amide bonds. The number of urea groups is 1. The topological polar surface area (TPSA) is 61.4 Å². The highest BCUT2D eigenvalue weighted by Crippen LogP contribution is 2.17. The molecule has 0 saturated carbocycles. The van der Waals surface area contributed by atoms with E-state index in [9.17, 15) is 9.59 Å². The average Bonchev–Trinajstić information content (AvgIpc) is 2.98. The molecule has 1 heterocycles. The van der Waals surface area contributed by atoms with Crippen molar-refractivity contribution in [3.05, 3.63) is 29.8 Å². The Labute approximate surface area is 141 Å². The van der Waals surface area contributed by atoms with E-state index in [-0.39, 0.29) is 24.4 Å². The van der Waals surface area contributed by atoms with Gasteiger partial charge in [-0.2, -0.15) is 0 Å². The molecule has 0 spiro atoms. The predicted molar refractivity (Wildman–Crippen MR) is 91.6 cm³/mol. The lowest BCUT2D eigenvalue weighted by atomic mass is 9.95. The largest absolute Gasteiger partial charge is 0.345 e. The first-order valence-electron chi connectivity index (χ1n) is 7.42. The first-order valence-corrected chi connectivity index (χ1v) is 7.96. The van der Waals surface area contributed by atoms with Gasteiger partial charge >= 0.3 is 6.03 Å². The van der Waals surface area contributed by atoms with Gasteiger partial charge in [-0.15, -0.1) is 11.6 Å². The molecule has 0 aliphatic carbocycles. The summed E-state index contributed by atoms with van der Waals surface area (Å²) < 4.78 is 0. The molecule has 1 aromatic rings. The number of hydrogen-bond donors (Lipinski definition) is 2. The number of rotatable bonds is 4. The summed E-state index contributed by atoms with van der Waals surface area (Å²) in [6.45, 7) is 5.19. The van der Waals surface area contributed by atoms with E-state index in [1.165, 1.54) is 0 Å². The second-order valence-corrected chi connectivity index (χ2v) is 6.20. The number of hydrogen-bond acceptors (Lipinski definition) is 2. The molecule has 0 atom stereocenters. The van der Waals surface area contributed by atoms with E-state index >= 15 is 0 Å². The van der Waals surface area contributed by atoms with E-state index < -0.39 is 5.41 Å². The van der Waals surface area contributed by atoms with Crippen molar-refractivity contribution in [2.45, 2.75) is 13.8 Å². The van der Waals surface area contributed by atoms with Crippen molar-refractivity contribution in [1.82, 2.24) is 10.6 Å². The summed E-state index contributed by atoms with van der Waals surface area (Å²) in [5.74, 6) is 6.04. The lowest BCUT2D eigenvalue weighted by molar-refractivity contribution is -0.128. The fraction of sp³-hybridized carbons (Fsp3) is 0.412. The first-order chi connectivity index (χ1) is 10.9. The highest BCUT2D eigenvalue weighted by Gasteiger charge is 2.25. The van der Waals surface area contributed by atoms with Gasteiger partial charge < -0.3 is 10.6 Å². The van der Waals surface area contributed by atoms with Crippen LogP contribution >= 0.6 is 11.6 Å². The molecule has 2 N–H and O–H groups in total. The molecule has 1 aromatic carbocycles. The fourth-order valence-corrected chi connectivity index (χ4v) is 2.13. The summed E-state index contributed by atoms with van der Waals surface area (Å²) in [6.07, 6.45) is 0. The zero-order chi connectivity index (χ0) is 16.9. The van der Waals surface area contributed by atoms with Crippen LogP contribution in [0.2, 0.25) is 0 Å². The lowest BCUT2D eigenvalue weighted by Gasteiger charge is -2.19. The van der Waals surface area contributed by atoms with Crippen LogP contribution in [0.3, 0.4) is 0 Å². The Bertz CT molecular complexity index is 644. The Morgan fingerprint density at radius 1 is 1.39 bits per heavy atom. The third kappa shape index (κ3) is 4.40. The van der Waals surface area contributed by atoms with Crippen LogP contribution in [0.1, 0.15) is 19.4 Å². The number of halogens is 1. The van der Waals surface area contributed by atoms with Gasteiger partial charge in [0.2, 0.25) is 5.91 Å². The number of nitrogens with one attached hydrogen (secondary N) is 2.